The van der Waals surface area contributed by atoms with Gasteiger partial charge in [-0.3, -0.25) is 0 Å². The maximum Gasteiger partial charge on any atom is 0.252 e. The molecule has 0 bridgehead atoms. The summed E-state index contributed by atoms with van der Waals surface area (Å²) in [5, 5.41) is 1.55. The second-order valence-corrected chi connectivity index (χ2v) is 32.0. The minimum atomic E-state index is -1.89. The molecule has 0 aromatic heterocycles. The zero-order valence-electron chi connectivity index (χ0n) is 47.7. The van der Waals surface area contributed by atoms with Crippen LogP contribution in [0.5, 0.6) is 0 Å². The fourth-order valence-electron chi connectivity index (χ4n) is 16.6. The number of rotatable bonds is 6. The van der Waals surface area contributed by atoms with Crippen LogP contribution in [0.1, 0.15) is 107 Å². The van der Waals surface area contributed by atoms with Crippen LogP contribution >= 0.6 is 0 Å². The summed E-state index contributed by atoms with van der Waals surface area (Å²) >= 11 is 0. The molecule has 3 nitrogen and oxygen atoms in total. The smallest absolute Gasteiger partial charge is 0.252 e. The first-order chi connectivity index (χ1) is 38.0. The molecule has 79 heavy (non-hydrogen) atoms. The molecule has 6 aliphatic rings. The van der Waals surface area contributed by atoms with E-state index in [-0.39, 0.29) is 28.5 Å². The lowest BCUT2D eigenvalue weighted by atomic mass is 9.33. The van der Waals surface area contributed by atoms with Crippen molar-refractivity contribution in [1.29, 1.82) is 0 Å². The van der Waals surface area contributed by atoms with Gasteiger partial charge in [-0.2, -0.15) is 0 Å². The van der Waals surface area contributed by atoms with Gasteiger partial charge in [0.15, 0.2) is 0 Å². The molecule has 4 unspecified atom stereocenters. The van der Waals surface area contributed by atoms with Crippen molar-refractivity contribution in [2.24, 2.45) is 0 Å². The first-order valence-electron chi connectivity index (χ1n) is 29.5. The van der Waals surface area contributed by atoms with Crippen LogP contribution in [0.4, 0.5) is 39.8 Å². The van der Waals surface area contributed by atoms with Gasteiger partial charge in [-0.25, -0.2) is 0 Å². The summed E-state index contributed by atoms with van der Waals surface area (Å²) in [5.41, 5.74) is 26.1. The van der Waals surface area contributed by atoms with E-state index in [0.717, 1.165) is 25.7 Å². The van der Waals surface area contributed by atoms with Crippen molar-refractivity contribution < 1.29 is 0 Å². The van der Waals surface area contributed by atoms with Crippen LogP contribution in [0.15, 0.2) is 200 Å². The highest BCUT2D eigenvalue weighted by Gasteiger charge is 2.65. The molecule has 0 saturated heterocycles. The van der Waals surface area contributed by atoms with Crippen molar-refractivity contribution >= 4 is 76.2 Å². The van der Waals surface area contributed by atoms with Gasteiger partial charge >= 0.3 is 0 Å². The predicted octanol–water partition coefficient (Wildman–Crippen LogP) is 16.5. The van der Waals surface area contributed by atoms with Gasteiger partial charge in [0.2, 0.25) is 0 Å². The number of hydrogen-bond donors (Lipinski definition) is 0. The summed E-state index contributed by atoms with van der Waals surface area (Å²) in [6.45, 7) is 22.7. The molecule has 0 spiro atoms. The highest BCUT2D eigenvalue weighted by Crippen LogP contribution is 2.67. The molecule has 4 aliphatic heterocycles. The first kappa shape index (κ1) is 48.8. The molecule has 4 heterocycles. The zero-order valence-corrected chi connectivity index (χ0v) is 48.7. The zero-order chi connectivity index (χ0) is 54.0. The molecular formula is C74H72BN3Si. The molecule has 1 saturated carbocycles. The van der Waals surface area contributed by atoms with Crippen molar-refractivity contribution in [3.05, 3.63) is 234 Å². The maximum absolute atomic E-state index is 2.98. The molecule has 4 atom stereocenters. The number of anilines is 7. The van der Waals surface area contributed by atoms with E-state index in [1.807, 2.05) is 0 Å². The molecule has 0 radical (unpaired) electrons. The molecule has 1 fully saturated rings. The Balaban J connectivity index is 1.09. The van der Waals surface area contributed by atoms with Gasteiger partial charge in [0.05, 0.1) is 19.2 Å². The summed E-state index contributed by atoms with van der Waals surface area (Å²) in [4.78, 5) is 8.50. The van der Waals surface area contributed by atoms with E-state index in [0.29, 0.717) is 0 Å². The number of aryl methyl sites for hydroxylation is 1. The van der Waals surface area contributed by atoms with Crippen molar-refractivity contribution in [3.63, 3.8) is 0 Å². The SMILES string of the molecule is CC(C)(C)c1ccc2c(c1)C1(C)CCc3ccccc3C1(C)N2c1cc2c3c(c1)N1c4c(cc([Si](C)(C)C)cc4C4(c5ccccc5)CCCCC14C)B3c1cc(-c3ccccc3)ccc1N2c1ccc(-c2ccccc2)cc1. The molecule has 2 aliphatic carbocycles. The molecule has 9 aromatic carbocycles. The largest absolute Gasteiger partial charge is 0.335 e. The predicted molar refractivity (Wildman–Crippen MR) is 339 cm³/mol. The Bertz CT molecular complexity index is 3950. The van der Waals surface area contributed by atoms with Crippen molar-refractivity contribution in [1.82, 2.24) is 0 Å². The minimum absolute atomic E-state index is 0.00750. The van der Waals surface area contributed by atoms with E-state index in [1.165, 1.54) is 119 Å². The van der Waals surface area contributed by atoms with Gasteiger partial charge in [0, 0.05) is 50.6 Å². The fraction of sp³-hybridized carbons (Fsp3) is 0.270. The van der Waals surface area contributed by atoms with Crippen molar-refractivity contribution in [2.45, 2.75) is 127 Å². The van der Waals surface area contributed by atoms with Crippen LogP contribution in [-0.2, 0) is 28.2 Å². The fourth-order valence-corrected chi connectivity index (χ4v) is 17.8. The van der Waals surface area contributed by atoms with E-state index in [4.69, 9.17) is 0 Å². The maximum atomic E-state index is 2.98. The van der Waals surface area contributed by atoms with Crippen LogP contribution in [0.2, 0.25) is 19.6 Å². The summed E-state index contributed by atoms with van der Waals surface area (Å²) in [5.74, 6) is 0. The lowest BCUT2D eigenvalue weighted by molar-refractivity contribution is 0.215. The van der Waals surface area contributed by atoms with E-state index in [1.54, 1.807) is 10.8 Å². The van der Waals surface area contributed by atoms with Gasteiger partial charge < -0.3 is 14.7 Å². The molecular weight excluding hydrogens is 970 g/mol. The topological polar surface area (TPSA) is 9.72 Å². The number of nitrogens with zero attached hydrogens (tertiary/aromatic N) is 3. The van der Waals surface area contributed by atoms with E-state index in [2.05, 4.69) is 276 Å². The summed E-state index contributed by atoms with van der Waals surface area (Å²) in [6.07, 6.45) is 6.77. The van der Waals surface area contributed by atoms with Gasteiger partial charge in [-0.15, -0.1) is 0 Å². The number of benzene rings is 9. The summed E-state index contributed by atoms with van der Waals surface area (Å²) in [7, 11) is -1.89. The molecule has 0 N–H and O–H groups in total. The normalized spacial score (nSPS) is 23.1. The van der Waals surface area contributed by atoms with Crippen LogP contribution in [-0.4, -0.2) is 20.3 Å². The molecule has 15 rings (SSSR count). The van der Waals surface area contributed by atoms with Gasteiger partial charge in [0.1, 0.15) is 0 Å². The number of fused-ring (bicyclic) bond motifs is 12. The second-order valence-electron chi connectivity index (χ2n) is 26.9. The van der Waals surface area contributed by atoms with E-state index >= 15 is 0 Å². The van der Waals surface area contributed by atoms with Gasteiger partial charge in [-0.1, -0.05) is 229 Å². The second kappa shape index (κ2) is 16.8. The Kier molecular flexibility index (Phi) is 10.4. The molecule has 9 aromatic rings. The third-order valence-electron chi connectivity index (χ3n) is 20.9. The highest BCUT2D eigenvalue weighted by atomic mass is 28.3. The minimum Gasteiger partial charge on any atom is -0.335 e. The Morgan fingerprint density at radius 3 is 1.81 bits per heavy atom. The van der Waals surface area contributed by atoms with E-state index < -0.39 is 13.6 Å². The van der Waals surface area contributed by atoms with Gasteiger partial charge in [0.25, 0.3) is 6.71 Å². The monoisotopic (exact) mass is 1040 g/mol. The molecule has 0 amide bonds. The Morgan fingerprint density at radius 2 is 1.10 bits per heavy atom. The lowest BCUT2D eigenvalue weighted by Gasteiger charge is -2.55. The third kappa shape index (κ3) is 6.60. The van der Waals surface area contributed by atoms with Crippen LogP contribution in [0.3, 0.4) is 0 Å². The lowest BCUT2D eigenvalue weighted by Crippen LogP contribution is -2.65. The van der Waals surface area contributed by atoms with Gasteiger partial charge in [-0.05, 0) is 153 Å². The van der Waals surface area contributed by atoms with Crippen LogP contribution < -0.4 is 36.3 Å². The Morgan fingerprint density at radius 1 is 0.481 bits per heavy atom. The summed E-state index contributed by atoms with van der Waals surface area (Å²) in [6, 6.07) is 78.5. The average molecular weight is 1040 g/mol. The highest BCUT2D eigenvalue weighted by molar-refractivity contribution is 7.01. The number of hydrogen-bond acceptors (Lipinski definition) is 3. The third-order valence-corrected chi connectivity index (χ3v) is 22.9. The van der Waals surface area contributed by atoms with Crippen LogP contribution in [0.25, 0.3) is 22.3 Å². The quantitative estimate of drug-likeness (QED) is 0.154. The van der Waals surface area contributed by atoms with Crippen molar-refractivity contribution in [2.75, 3.05) is 14.7 Å². The van der Waals surface area contributed by atoms with Crippen LogP contribution in [0, 0.1) is 0 Å². The summed E-state index contributed by atoms with van der Waals surface area (Å²) < 4.78 is 0. The van der Waals surface area contributed by atoms with Crippen molar-refractivity contribution in [3.8, 4) is 22.3 Å². The average Bonchev–Trinajstić information content (AvgIpc) is 2.80. The first-order valence-corrected chi connectivity index (χ1v) is 33.0. The molecule has 390 valence electrons. The Labute approximate surface area is 471 Å². The standard InChI is InChI=1S/C74H72BN3Si/c1-70(2,3)55-34-38-64-60(44-55)71(4)42-39-52-27-19-20-30-59(52)73(71,6)77(64)57-45-66-68-67(46-57)78-69-61(74(54-28-17-12-18-29-54)41-22-21-40-72(74,78)5)47-58(79(7,8)9)48-63(69)75(68)62-43-53(50-25-15-11-16-26-50)33-37-65(62)76(66)56-35-31-51(32-36-56)49-23-13-10-14-24-49/h10-20,23-38,43-48H,21-22,39-42H2,1-9H3. The van der Waals surface area contributed by atoms with E-state index in [9.17, 15) is 0 Å². The molecule has 5 heteroatoms. The Hall–Kier alpha value is -7.34.